The second-order valence-corrected chi connectivity index (χ2v) is 9.56. The zero-order valence-corrected chi connectivity index (χ0v) is 21.7. The fraction of sp³-hybridized carbons (Fsp3) is 0.379. The largest absolute Gasteiger partial charge is 0.491 e. The molecule has 0 bridgehead atoms. The smallest absolute Gasteiger partial charge is 0.330 e. The Morgan fingerprint density at radius 1 is 1.17 bits per heavy atom. The number of amides is 2. The maximum atomic E-state index is 14.9. The predicted molar refractivity (Wildman–Crippen MR) is 143 cm³/mol. The highest BCUT2D eigenvalue weighted by Crippen LogP contribution is 2.34. The quantitative estimate of drug-likeness (QED) is 0.395. The van der Waals surface area contributed by atoms with E-state index in [0.717, 1.165) is 11.3 Å². The first kappa shape index (κ1) is 25.5. The van der Waals surface area contributed by atoms with Crippen molar-refractivity contribution >= 4 is 23.2 Å². The molecule has 1 aliphatic heterocycles. The van der Waals surface area contributed by atoms with E-state index in [1.165, 1.54) is 11.6 Å². The molecule has 0 radical (unpaired) electrons. The Morgan fingerprint density at radius 2 is 1.97 bits per heavy atom. The first-order valence-electron chi connectivity index (χ1n) is 12.6. The Morgan fingerprint density at radius 3 is 2.64 bits per heavy atom. The number of aryl methyl sites for hydroxylation is 1. The number of nitrogens with zero attached hydrogens (tertiary/aromatic N) is 4. The van der Waals surface area contributed by atoms with Crippen LogP contribution in [0.2, 0.25) is 0 Å². The van der Waals surface area contributed by atoms with E-state index in [1.54, 1.807) is 23.2 Å². The van der Waals surface area contributed by atoms with Crippen LogP contribution in [-0.4, -0.2) is 48.2 Å². The minimum atomic E-state index is -0.508. The number of piperazine rings is 1. The van der Waals surface area contributed by atoms with Crippen molar-refractivity contribution in [2.24, 2.45) is 0 Å². The van der Waals surface area contributed by atoms with E-state index in [4.69, 9.17) is 4.74 Å². The summed E-state index contributed by atoms with van der Waals surface area (Å²) in [5.41, 5.74) is 3.71. The van der Waals surface area contributed by atoms with Gasteiger partial charge in [-0.1, -0.05) is 32.0 Å². The molecular weight excluding hydrogens is 455 g/mol. The third-order valence-corrected chi connectivity index (χ3v) is 6.55. The third kappa shape index (κ3) is 5.30. The summed E-state index contributed by atoms with van der Waals surface area (Å²) in [6, 6.07) is 16.8. The maximum absolute atomic E-state index is 14.9. The van der Waals surface area contributed by atoms with Crippen LogP contribution < -0.4 is 14.5 Å². The number of aromatic nitrogens is 1. The number of carbonyl (C=O) groups excluding carboxylic acids is 1. The van der Waals surface area contributed by atoms with Crippen molar-refractivity contribution in [2.45, 2.75) is 46.6 Å². The number of ether oxygens (including phenoxy) is 1. The molecule has 1 saturated heterocycles. The zero-order valence-electron chi connectivity index (χ0n) is 21.7. The Balaban J connectivity index is 1.68. The molecule has 2 heterocycles. The monoisotopic (exact) mass is 490 g/mol. The van der Waals surface area contributed by atoms with Crippen LogP contribution in [0.15, 0.2) is 60.8 Å². The van der Waals surface area contributed by atoms with Crippen molar-refractivity contribution in [3.05, 3.63) is 77.7 Å². The molecule has 190 valence electrons. The second-order valence-electron chi connectivity index (χ2n) is 9.56. The molecule has 2 aromatic carbocycles. The van der Waals surface area contributed by atoms with Gasteiger partial charge in [-0.2, -0.15) is 0 Å². The van der Waals surface area contributed by atoms with Gasteiger partial charge >= 0.3 is 6.03 Å². The van der Waals surface area contributed by atoms with Crippen molar-refractivity contribution in [1.29, 1.82) is 0 Å². The molecular formula is C29H35FN4O2. The fourth-order valence-corrected chi connectivity index (χ4v) is 4.73. The second kappa shape index (κ2) is 11.0. The van der Waals surface area contributed by atoms with Gasteiger partial charge in [0, 0.05) is 43.6 Å². The summed E-state index contributed by atoms with van der Waals surface area (Å²) >= 11 is 0. The van der Waals surface area contributed by atoms with Crippen molar-refractivity contribution < 1.29 is 13.9 Å². The maximum Gasteiger partial charge on any atom is 0.330 e. The van der Waals surface area contributed by atoms with Crippen LogP contribution in [0.3, 0.4) is 0 Å². The van der Waals surface area contributed by atoms with Gasteiger partial charge in [0.2, 0.25) is 0 Å². The number of hydrogen-bond acceptors (Lipinski definition) is 4. The lowest BCUT2D eigenvalue weighted by Crippen LogP contribution is -2.56. The average Bonchev–Trinajstić information content (AvgIpc) is 2.86. The first-order chi connectivity index (χ1) is 17.3. The molecule has 0 spiro atoms. The Kier molecular flexibility index (Phi) is 7.77. The summed E-state index contributed by atoms with van der Waals surface area (Å²) in [5.74, 6) is 0.314. The summed E-state index contributed by atoms with van der Waals surface area (Å²) in [6.45, 7) is 12.3. The Bertz CT molecular complexity index is 1220. The van der Waals surface area contributed by atoms with Crippen molar-refractivity contribution in [1.82, 2.24) is 9.88 Å². The van der Waals surface area contributed by atoms with Crippen LogP contribution in [0.5, 0.6) is 5.75 Å². The van der Waals surface area contributed by atoms with Crippen LogP contribution in [0, 0.1) is 12.7 Å². The minimum Gasteiger partial charge on any atom is -0.491 e. The third-order valence-electron chi connectivity index (χ3n) is 6.55. The number of urea groups is 1. The van der Waals surface area contributed by atoms with E-state index >= 15 is 0 Å². The summed E-state index contributed by atoms with van der Waals surface area (Å²) < 4.78 is 20.3. The van der Waals surface area contributed by atoms with E-state index in [-0.39, 0.29) is 23.7 Å². The van der Waals surface area contributed by atoms with Crippen molar-refractivity contribution in [3.8, 4) is 5.75 Å². The number of hydrogen-bond donors (Lipinski definition) is 0. The molecule has 1 fully saturated rings. The predicted octanol–water partition coefficient (Wildman–Crippen LogP) is 6.52. The lowest BCUT2D eigenvalue weighted by atomic mass is 10.0. The molecule has 3 aromatic rings. The van der Waals surface area contributed by atoms with Crippen LogP contribution in [0.1, 0.15) is 44.7 Å². The fourth-order valence-electron chi connectivity index (χ4n) is 4.73. The number of benzene rings is 2. The van der Waals surface area contributed by atoms with Crippen LogP contribution in [-0.2, 0) is 0 Å². The van der Waals surface area contributed by atoms with E-state index in [2.05, 4.69) is 61.8 Å². The molecule has 1 aromatic heterocycles. The van der Waals surface area contributed by atoms with Gasteiger partial charge < -0.3 is 14.5 Å². The van der Waals surface area contributed by atoms with Gasteiger partial charge in [-0.25, -0.2) is 19.1 Å². The van der Waals surface area contributed by atoms with Gasteiger partial charge in [-0.3, -0.25) is 0 Å². The SMILES string of the molecule is CCOc1ccc(N(C(=O)N2CCN(c3cccc(C)c3)C(C)C2)c2ncccc2C(C)C)cc1F. The van der Waals surface area contributed by atoms with Gasteiger partial charge in [0.1, 0.15) is 5.82 Å². The van der Waals surface area contributed by atoms with E-state index < -0.39 is 5.82 Å². The molecule has 1 aliphatic rings. The summed E-state index contributed by atoms with van der Waals surface area (Å²) in [5, 5.41) is 0. The average molecular weight is 491 g/mol. The van der Waals surface area contributed by atoms with Gasteiger partial charge in [-0.15, -0.1) is 0 Å². The molecule has 6 nitrogen and oxygen atoms in total. The van der Waals surface area contributed by atoms with Gasteiger partial charge in [0.05, 0.1) is 12.3 Å². The van der Waals surface area contributed by atoms with Gasteiger partial charge in [-0.05, 0) is 68.1 Å². The summed E-state index contributed by atoms with van der Waals surface area (Å²) in [4.78, 5) is 24.4. The minimum absolute atomic E-state index is 0.122. The molecule has 2 amide bonds. The topological polar surface area (TPSA) is 48.9 Å². The lowest BCUT2D eigenvalue weighted by Gasteiger charge is -2.43. The van der Waals surface area contributed by atoms with Crippen LogP contribution in [0.25, 0.3) is 0 Å². The molecule has 0 aliphatic carbocycles. The van der Waals surface area contributed by atoms with Crippen molar-refractivity contribution in [2.75, 3.05) is 36.0 Å². The van der Waals surface area contributed by atoms with Crippen molar-refractivity contribution in [3.63, 3.8) is 0 Å². The molecule has 4 rings (SSSR count). The zero-order chi connectivity index (χ0) is 25.8. The molecule has 36 heavy (non-hydrogen) atoms. The van der Waals surface area contributed by atoms with Crippen LogP contribution in [0.4, 0.5) is 26.4 Å². The van der Waals surface area contributed by atoms with Crippen LogP contribution >= 0.6 is 0 Å². The molecule has 1 atom stereocenters. The molecule has 0 N–H and O–H groups in total. The number of anilines is 3. The molecule has 0 saturated carbocycles. The number of halogens is 1. The Labute approximate surface area is 213 Å². The highest BCUT2D eigenvalue weighted by atomic mass is 19.1. The van der Waals surface area contributed by atoms with Gasteiger partial charge in [0.15, 0.2) is 11.6 Å². The summed E-state index contributed by atoms with van der Waals surface area (Å²) in [6.07, 6.45) is 1.67. The molecule has 1 unspecified atom stereocenters. The van der Waals surface area contributed by atoms with E-state index in [0.29, 0.717) is 37.7 Å². The standard InChI is InChI=1S/C29H35FN4O2/c1-6-36-27-13-12-24(18-26(27)30)34(28-25(20(2)3)11-8-14-31-28)29(35)32-15-16-33(22(5)19-32)23-10-7-9-21(4)17-23/h7-14,17-18,20,22H,6,15-16,19H2,1-5H3. The Hall–Kier alpha value is -3.61. The first-order valence-corrected chi connectivity index (χ1v) is 12.6. The van der Waals surface area contributed by atoms with E-state index in [9.17, 15) is 9.18 Å². The number of pyridine rings is 1. The highest BCUT2D eigenvalue weighted by molar-refractivity contribution is 5.99. The normalized spacial score (nSPS) is 15.8. The van der Waals surface area contributed by atoms with E-state index in [1.807, 2.05) is 24.0 Å². The number of rotatable bonds is 6. The lowest BCUT2D eigenvalue weighted by molar-refractivity contribution is 0.195. The molecule has 7 heteroatoms. The van der Waals surface area contributed by atoms with Gasteiger partial charge in [0.25, 0.3) is 0 Å². The summed E-state index contributed by atoms with van der Waals surface area (Å²) in [7, 11) is 0. The number of carbonyl (C=O) groups is 1. The highest BCUT2D eigenvalue weighted by Gasteiger charge is 2.33.